The van der Waals surface area contributed by atoms with E-state index in [1.807, 2.05) is 49.4 Å². The fourth-order valence-corrected chi connectivity index (χ4v) is 4.69. The summed E-state index contributed by atoms with van der Waals surface area (Å²) in [6, 6.07) is 15.1. The Hall–Kier alpha value is -2.47. The molecule has 0 radical (unpaired) electrons. The number of carbonyl (C=O) groups is 2. The highest BCUT2D eigenvalue weighted by Gasteiger charge is 2.16. The highest BCUT2D eigenvalue weighted by Crippen LogP contribution is 2.24. The van der Waals surface area contributed by atoms with Crippen LogP contribution in [0.2, 0.25) is 0 Å². The Morgan fingerprint density at radius 1 is 1.03 bits per heavy atom. The molecule has 2 N–H and O–H groups in total. The smallest absolute Gasteiger partial charge is 0.252 e. The van der Waals surface area contributed by atoms with Crippen molar-refractivity contribution in [2.24, 2.45) is 5.92 Å². The molecule has 0 saturated heterocycles. The molecule has 3 rings (SSSR count). The lowest BCUT2D eigenvalue weighted by Gasteiger charge is -2.21. The molecule has 5 nitrogen and oxygen atoms in total. The first kappa shape index (κ1) is 23.2. The zero-order chi connectivity index (χ0) is 21.9. The molecular weight excluding hydrogens is 408 g/mol. The minimum Gasteiger partial charge on any atom is -0.494 e. The van der Waals surface area contributed by atoms with Gasteiger partial charge in [0.25, 0.3) is 5.91 Å². The highest BCUT2D eigenvalue weighted by molar-refractivity contribution is 8.00. The number of nitrogens with one attached hydrogen (secondary N) is 2. The molecule has 6 heteroatoms. The van der Waals surface area contributed by atoms with E-state index in [9.17, 15) is 9.59 Å². The summed E-state index contributed by atoms with van der Waals surface area (Å²) in [6.07, 6.45) is 6.28. The molecule has 0 unspecified atom stereocenters. The second-order valence-electron chi connectivity index (χ2n) is 7.86. The molecule has 2 aromatic rings. The first-order valence-electron chi connectivity index (χ1n) is 11.1. The predicted octanol–water partition coefficient (Wildman–Crippen LogP) is 4.80. The Balaban J connectivity index is 1.50. The summed E-state index contributed by atoms with van der Waals surface area (Å²) in [5.74, 6) is 1.60. The fourth-order valence-electron chi connectivity index (χ4n) is 3.81. The third-order valence-electron chi connectivity index (χ3n) is 5.47. The zero-order valence-corrected chi connectivity index (χ0v) is 19.0. The monoisotopic (exact) mass is 440 g/mol. The Bertz CT molecular complexity index is 865. The number of hydrogen-bond acceptors (Lipinski definition) is 4. The van der Waals surface area contributed by atoms with E-state index < -0.39 is 0 Å². The van der Waals surface area contributed by atoms with E-state index in [1.54, 1.807) is 6.07 Å². The molecule has 0 aliphatic heterocycles. The van der Waals surface area contributed by atoms with Crippen LogP contribution in [0, 0.1) is 5.92 Å². The summed E-state index contributed by atoms with van der Waals surface area (Å²) in [7, 11) is 0. The van der Waals surface area contributed by atoms with E-state index in [2.05, 4.69) is 10.6 Å². The van der Waals surface area contributed by atoms with Crippen LogP contribution in [-0.4, -0.2) is 30.7 Å². The Morgan fingerprint density at radius 3 is 2.65 bits per heavy atom. The molecule has 1 saturated carbocycles. The summed E-state index contributed by atoms with van der Waals surface area (Å²) in [5.41, 5.74) is 1.57. The molecule has 1 aliphatic carbocycles. The van der Waals surface area contributed by atoms with Gasteiger partial charge in [-0.3, -0.25) is 9.59 Å². The van der Waals surface area contributed by atoms with Gasteiger partial charge in [-0.2, -0.15) is 0 Å². The fraction of sp³-hybridized carbons (Fsp3) is 0.440. The lowest BCUT2D eigenvalue weighted by Crippen LogP contribution is -2.31. The molecule has 2 aromatic carbocycles. The molecule has 2 amide bonds. The van der Waals surface area contributed by atoms with E-state index in [-0.39, 0.29) is 11.8 Å². The lowest BCUT2D eigenvalue weighted by molar-refractivity contribution is -0.118. The molecule has 166 valence electrons. The lowest BCUT2D eigenvalue weighted by atomic mass is 9.89. The van der Waals surface area contributed by atoms with Gasteiger partial charge in [0.1, 0.15) is 5.75 Å². The van der Waals surface area contributed by atoms with Crippen LogP contribution < -0.4 is 15.4 Å². The van der Waals surface area contributed by atoms with Crippen LogP contribution >= 0.6 is 11.8 Å². The molecule has 1 fully saturated rings. The van der Waals surface area contributed by atoms with Crippen LogP contribution in [0.25, 0.3) is 0 Å². The van der Waals surface area contributed by atoms with E-state index in [4.69, 9.17) is 4.74 Å². The average molecular weight is 441 g/mol. The summed E-state index contributed by atoms with van der Waals surface area (Å²) in [5, 5.41) is 6.03. The third kappa shape index (κ3) is 7.62. The minimum atomic E-state index is -0.146. The summed E-state index contributed by atoms with van der Waals surface area (Å²) < 4.78 is 5.52. The van der Waals surface area contributed by atoms with Gasteiger partial charge in [-0.25, -0.2) is 0 Å². The first-order valence-corrected chi connectivity index (χ1v) is 12.1. The second-order valence-corrected chi connectivity index (χ2v) is 8.87. The van der Waals surface area contributed by atoms with Crippen molar-refractivity contribution >= 4 is 23.6 Å². The molecule has 0 aromatic heterocycles. The third-order valence-corrected chi connectivity index (χ3v) is 6.54. The number of hydrogen-bond donors (Lipinski definition) is 2. The van der Waals surface area contributed by atoms with Crippen LogP contribution in [-0.2, 0) is 11.3 Å². The van der Waals surface area contributed by atoms with Crippen molar-refractivity contribution in [3.8, 4) is 5.75 Å². The van der Waals surface area contributed by atoms with Crippen molar-refractivity contribution in [1.29, 1.82) is 0 Å². The predicted molar refractivity (Wildman–Crippen MR) is 126 cm³/mol. The van der Waals surface area contributed by atoms with E-state index in [0.717, 1.165) is 22.8 Å². The van der Waals surface area contributed by atoms with Crippen molar-refractivity contribution in [1.82, 2.24) is 10.6 Å². The van der Waals surface area contributed by atoms with Gasteiger partial charge in [-0.1, -0.05) is 43.5 Å². The number of rotatable bonds is 10. The van der Waals surface area contributed by atoms with Crippen molar-refractivity contribution in [3.63, 3.8) is 0 Å². The van der Waals surface area contributed by atoms with E-state index in [0.29, 0.717) is 30.4 Å². The summed E-state index contributed by atoms with van der Waals surface area (Å²) in [6.45, 7) is 3.73. The number of carbonyl (C=O) groups excluding carboxylic acids is 2. The van der Waals surface area contributed by atoms with Gasteiger partial charge in [-0.15, -0.1) is 11.8 Å². The van der Waals surface area contributed by atoms with Crippen LogP contribution in [0.15, 0.2) is 53.4 Å². The highest BCUT2D eigenvalue weighted by atomic mass is 32.2. The van der Waals surface area contributed by atoms with Gasteiger partial charge < -0.3 is 15.4 Å². The van der Waals surface area contributed by atoms with Crippen molar-refractivity contribution in [3.05, 3.63) is 59.7 Å². The maximum Gasteiger partial charge on any atom is 0.252 e. The number of ether oxygens (including phenoxy) is 1. The largest absolute Gasteiger partial charge is 0.494 e. The maximum absolute atomic E-state index is 12.8. The maximum atomic E-state index is 12.8. The van der Waals surface area contributed by atoms with Gasteiger partial charge in [0.05, 0.1) is 17.9 Å². The van der Waals surface area contributed by atoms with Crippen LogP contribution in [0.3, 0.4) is 0 Å². The molecule has 0 spiro atoms. The quantitative estimate of drug-likeness (QED) is 0.521. The molecule has 31 heavy (non-hydrogen) atoms. The SMILES string of the molecule is CCOc1cccc(CNC(=O)c2ccccc2SCC(=O)NCC2CCCCC2)c1. The Kier molecular flexibility index (Phi) is 9.28. The average Bonchev–Trinajstić information content (AvgIpc) is 2.81. The van der Waals surface area contributed by atoms with Crippen molar-refractivity contribution in [2.75, 3.05) is 18.9 Å². The molecule has 1 aliphatic rings. The van der Waals surface area contributed by atoms with E-state index >= 15 is 0 Å². The van der Waals surface area contributed by atoms with Gasteiger partial charge in [-0.05, 0) is 55.5 Å². The normalized spacial score (nSPS) is 14.1. The molecule has 0 atom stereocenters. The summed E-state index contributed by atoms with van der Waals surface area (Å²) in [4.78, 5) is 25.9. The zero-order valence-electron chi connectivity index (χ0n) is 18.2. The van der Waals surface area contributed by atoms with Gasteiger partial charge in [0.2, 0.25) is 5.91 Å². The molecule has 0 heterocycles. The van der Waals surface area contributed by atoms with Crippen molar-refractivity contribution in [2.45, 2.75) is 50.5 Å². The van der Waals surface area contributed by atoms with E-state index in [1.165, 1.54) is 43.9 Å². The number of benzene rings is 2. The van der Waals surface area contributed by atoms with Crippen LogP contribution in [0.5, 0.6) is 5.75 Å². The summed E-state index contributed by atoms with van der Waals surface area (Å²) >= 11 is 1.41. The standard InChI is InChI=1S/C25H32N2O3S/c1-2-30-21-12-8-11-20(15-21)17-27-25(29)22-13-6-7-14-23(22)31-18-24(28)26-16-19-9-4-3-5-10-19/h6-8,11-15,19H,2-5,9-10,16-18H2,1H3,(H,26,28)(H,27,29). The topological polar surface area (TPSA) is 67.4 Å². The molecule has 0 bridgehead atoms. The number of thioether (sulfide) groups is 1. The first-order chi connectivity index (χ1) is 15.2. The van der Waals surface area contributed by atoms with Crippen molar-refractivity contribution < 1.29 is 14.3 Å². The van der Waals surface area contributed by atoms with Crippen LogP contribution in [0.1, 0.15) is 54.9 Å². The van der Waals surface area contributed by atoms with Gasteiger partial charge >= 0.3 is 0 Å². The van der Waals surface area contributed by atoms with Gasteiger partial charge in [0, 0.05) is 18.0 Å². The Morgan fingerprint density at radius 2 is 1.84 bits per heavy atom. The van der Waals surface area contributed by atoms with Gasteiger partial charge in [0.15, 0.2) is 0 Å². The minimum absolute atomic E-state index is 0.0264. The van der Waals surface area contributed by atoms with Crippen LogP contribution in [0.4, 0.5) is 0 Å². The molecular formula is C25H32N2O3S. The Labute approximate surface area is 189 Å². The number of amides is 2. The second kappa shape index (κ2) is 12.4.